The maximum Gasteiger partial charge on any atom is 0.245 e. The van der Waals surface area contributed by atoms with Crippen molar-refractivity contribution in [2.45, 2.75) is 6.04 Å². The quantitative estimate of drug-likeness (QED) is 0.899. The van der Waals surface area contributed by atoms with Crippen LogP contribution in [-0.2, 0) is 4.79 Å². The first-order valence-corrected chi connectivity index (χ1v) is 8.12. The minimum absolute atomic E-state index is 0.384. The van der Waals surface area contributed by atoms with Crippen molar-refractivity contribution < 1.29 is 4.79 Å². The van der Waals surface area contributed by atoms with Gasteiger partial charge in [-0.05, 0) is 35.4 Å². The van der Waals surface area contributed by atoms with Crippen molar-refractivity contribution in [1.29, 1.82) is 0 Å². The third-order valence-corrected chi connectivity index (χ3v) is 4.59. The van der Waals surface area contributed by atoms with Crippen molar-refractivity contribution in [2.75, 3.05) is 13.6 Å². The minimum Gasteiger partial charge on any atom is -0.369 e. The van der Waals surface area contributed by atoms with E-state index >= 15 is 0 Å². The van der Waals surface area contributed by atoms with Crippen LogP contribution >= 0.6 is 0 Å². The zero-order chi connectivity index (χ0) is 17.4. The molecule has 0 saturated heterocycles. The summed E-state index contributed by atoms with van der Waals surface area (Å²) in [6.45, 7) is 0.819. The smallest absolute Gasteiger partial charge is 0.245 e. The lowest BCUT2D eigenvalue weighted by Crippen LogP contribution is -2.35. The van der Waals surface area contributed by atoms with Gasteiger partial charge >= 0.3 is 0 Å². The third kappa shape index (κ3) is 2.61. The zero-order valence-electron chi connectivity index (χ0n) is 13.9. The second kappa shape index (κ2) is 5.98. The zero-order valence-corrected chi connectivity index (χ0v) is 13.9. The summed E-state index contributed by atoms with van der Waals surface area (Å²) in [7, 11) is 2.03. The molecule has 0 aliphatic carbocycles. The van der Waals surface area contributed by atoms with Gasteiger partial charge in [0, 0.05) is 31.6 Å². The molecule has 2 aromatic rings. The number of carbonyl (C=O) groups excluding carboxylic acids is 1. The van der Waals surface area contributed by atoms with E-state index in [4.69, 9.17) is 5.73 Å². The molecule has 3 N–H and O–H groups in total. The Kier molecular flexibility index (Phi) is 3.65. The number of nitrogens with one attached hydrogen (secondary N) is 1. The molecule has 1 amide bonds. The molecule has 0 saturated carbocycles. The van der Waals surface area contributed by atoms with E-state index in [2.05, 4.69) is 27.2 Å². The van der Waals surface area contributed by atoms with Crippen molar-refractivity contribution in [1.82, 2.24) is 20.0 Å². The molecule has 0 fully saturated rings. The molecule has 6 nitrogen and oxygen atoms in total. The highest BCUT2D eigenvalue weighted by Crippen LogP contribution is 2.35. The highest BCUT2D eigenvalue weighted by molar-refractivity contribution is 5.83. The number of carbonyl (C=O) groups is 1. The van der Waals surface area contributed by atoms with Crippen molar-refractivity contribution >= 4 is 5.91 Å². The van der Waals surface area contributed by atoms with Gasteiger partial charge in [-0.1, -0.05) is 18.2 Å². The molecule has 3 heterocycles. The van der Waals surface area contributed by atoms with Crippen molar-refractivity contribution in [3.8, 4) is 11.1 Å². The van der Waals surface area contributed by atoms with Gasteiger partial charge < -0.3 is 15.5 Å². The Balaban J connectivity index is 1.74. The van der Waals surface area contributed by atoms with Crippen molar-refractivity contribution in [3.63, 3.8) is 0 Å². The molecular formula is C19H19N5O. The first-order valence-electron chi connectivity index (χ1n) is 8.12. The second-order valence-electron chi connectivity index (χ2n) is 6.19. The van der Waals surface area contributed by atoms with Crippen LogP contribution in [0.4, 0.5) is 0 Å². The molecule has 1 aromatic carbocycles. The summed E-state index contributed by atoms with van der Waals surface area (Å²) in [4.78, 5) is 16.4. The van der Waals surface area contributed by atoms with Crippen LogP contribution < -0.4 is 5.73 Å². The number of fused-ring (bicyclic) bond motifs is 1. The predicted molar refractivity (Wildman–Crippen MR) is 95.7 cm³/mol. The Morgan fingerprint density at radius 2 is 2.20 bits per heavy atom. The van der Waals surface area contributed by atoms with E-state index in [1.807, 2.05) is 54.7 Å². The standard InChI is InChI=1S/C19H19N5O/c1-23-9-7-17-16(23)6-3-8-24(17)18(19(20)25)14-5-2-4-13(10-14)15-11-21-22-12-15/h2-8,10-12,18H,9H2,1H3,(H2,20,25)(H,21,22). The second-order valence-corrected chi connectivity index (χ2v) is 6.19. The highest BCUT2D eigenvalue weighted by atomic mass is 16.1. The van der Waals surface area contributed by atoms with Gasteiger partial charge in [0.15, 0.2) is 0 Å². The van der Waals surface area contributed by atoms with Gasteiger partial charge in [-0.2, -0.15) is 5.10 Å². The summed E-state index contributed by atoms with van der Waals surface area (Å²) in [6.07, 6.45) is 11.6. The fraction of sp³-hybridized carbons (Fsp3) is 0.158. The number of likely N-dealkylation sites (N-methyl/N-ethyl adjacent to an activating group) is 1. The predicted octanol–water partition coefficient (Wildman–Crippen LogP) is 2.15. The lowest BCUT2D eigenvalue weighted by atomic mass is 9.98. The van der Waals surface area contributed by atoms with Gasteiger partial charge in [0.25, 0.3) is 0 Å². The van der Waals surface area contributed by atoms with Crippen LogP contribution in [0.3, 0.4) is 0 Å². The Morgan fingerprint density at radius 1 is 1.32 bits per heavy atom. The van der Waals surface area contributed by atoms with Crippen LogP contribution in [0.15, 0.2) is 72.5 Å². The maximum atomic E-state index is 12.3. The van der Waals surface area contributed by atoms with Crippen LogP contribution in [-0.4, -0.2) is 39.5 Å². The Morgan fingerprint density at radius 3 is 2.96 bits per heavy atom. The molecular weight excluding hydrogens is 314 g/mol. The third-order valence-electron chi connectivity index (χ3n) is 4.59. The average molecular weight is 333 g/mol. The number of benzene rings is 1. The molecule has 1 atom stereocenters. The number of nitrogens with zero attached hydrogens (tertiary/aromatic N) is 3. The number of nitrogens with two attached hydrogens (primary N) is 1. The van der Waals surface area contributed by atoms with Crippen LogP contribution in [0, 0.1) is 0 Å². The SMILES string of the molecule is CN1CC=C2C1=CC=CN2C(C(N)=O)c1cccc(-c2cn[nH]c2)c1. The van der Waals surface area contributed by atoms with E-state index in [1.54, 1.807) is 6.20 Å². The first-order chi connectivity index (χ1) is 12.1. The average Bonchev–Trinajstić information content (AvgIpc) is 3.26. The molecule has 2 aliphatic heterocycles. The van der Waals surface area contributed by atoms with E-state index in [-0.39, 0.29) is 5.91 Å². The first kappa shape index (κ1) is 15.3. The molecule has 25 heavy (non-hydrogen) atoms. The van der Waals surface area contributed by atoms with E-state index in [0.29, 0.717) is 0 Å². The molecule has 2 aliphatic rings. The summed E-state index contributed by atoms with van der Waals surface area (Å²) in [5.74, 6) is -0.384. The van der Waals surface area contributed by atoms with Crippen LogP contribution in [0.5, 0.6) is 0 Å². The molecule has 0 radical (unpaired) electrons. The largest absolute Gasteiger partial charge is 0.369 e. The number of rotatable bonds is 4. The summed E-state index contributed by atoms with van der Waals surface area (Å²) >= 11 is 0. The number of H-pyrrole nitrogens is 1. The van der Waals surface area contributed by atoms with Gasteiger partial charge in [-0.3, -0.25) is 9.89 Å². The van der Waals surface area contributed by atoms with Crippen LogP contribution in [0.2, 0.25) is 0 Å². The number of primary amides is 1. The minimum atomic E-state index is -0.565. The number of hydrogen-bond donors (Lipinski definition) is 2. The lowest BCUT2D eigenvalue weighted by molar-refractivity contribution is -0.122. The number of hydrogen-bond acceptors (Lipinski definition) is 4. The van der Waals surface area contributed by atoms with E-state index in [1.165, 1.54) is 0 Å². The van der Waals surface area contributed by atoms with Gasteiger partial charge in [0.2, 0.25) is 5.91 Å². The van der Waals surface area contributed by atoms with Gasteiger partial charge in [-0.15, -0.1) is 0 Å². The molecule has 0 bridgehead atoms. The molecule has 0 spiro atoms. The van der Waals surface area contributed by atoms with E-state index in [0.717, 1.165) is 34.6 Å². The number of aromatic amines is 1. The molecule has 6 heteroatoms. The van der Waals surface area contributed by atoms with Gasteiger partial charge in [0.1, 0.15) is 6.04 Å². The van der Waals surface area contributed by atoms with Gasteiger partial charge in [0.05, 0.1) is 17.6 Å². The van der Waals surface area contributed by atoms with Gasteiger partial charge in [-0.25, -0.2) is 0 Å². The molecule has 4 rings (SSSR count). The monoisotopic (exact) mass is 333 g/mol. The number of allylic oxidation sites excluding steroid dienone is 2. The highest BCUT2D eigenvalue weighted by Gasteiger charge is 2.32. The Bertz CT molecular complexity index is 894. The summed E-state index contributed by atoms with van der Waals surface area (Å²) in [5, 5.41) is 6.80. The molecule has 1 unspecified atom stereocenters. The summed E-state index contributed by atoms with van der Waals surface area (Å²) < 4.78 is 0. The Hall–Kier alpha value is -3.28. The maximum absolute atomic E-state index is 12.3. The molecule has 126 valence electrons. The van der Waals surface area contributed by atoms with Crippen LogP contribution in [0.25, 0.3) is 11.1 Å². The lowest BCUT2D eigenvalue weighted by Gasteiger charge is -2.33. The Labute approximate surface area is 145 Å². The number of aromatic nitrogens is 2. The number of amides is 1. The van der Waals surface area contributed by atoms with Crippen molar-refractivity contribution in [3.05, 3.63) is 78.0 Å². The summed E-state index contributed by atoms with van der Waals surface area (Å²) in [6, 6.07) is 7.29. The van der Waals surface area contributed by atoms with Crippen LogP contribution in [0.1, 0.15) is 11.6 Å². The van der Waals surface area contributed by atoms with Crippen molar-refractivity contribution in [2.24, 2.45) is 5.73 Å². The molecule has 1 aromatic heterocycles. The topological polar surface area (TPSA) is 78.2 Å². The van der Waals surface area contributed by atoms with E-state index in [9.17, 15) is 4.79 Å². The fourth-order valence-corrected chi connectivity index (χ4v) is 3.36. The normalized spacial score (nSPS) is 17.2. The summed E-state index contributed by atoms with van der Waals surface area (Å²) in [5.41, 5.74) is 10.7. The van der Waals surface area contributed by atoms with E-state index < -0.39 is 6.04 Å². The fourth-order valence-electron chi connectivity index (χ4n) is 3.36.